The van der Waals surface area contributed by atoms with Crippen molar-refractivity contribution in [1.29, 1.82) is 0 Å². The highest BCUT2D eigenvalue weighted by Gasteiger charge is 2.23. The molecule has 102 valence electrons. The molecule has 5 nitrogen and oxygen atoms in total. The van der Waals surface area contributed by atoms with Gasteiger partial charge in [-0.25, -0.2) is 4.39 Å². The molecule has 0 saturated carbocycles. The molecular formula is C13H16FN3O2. The summed E-state index contributed by atoms with van der Waals surface area (Å²) >= 11 is 0. The van der Waals surface area contributed by atoms with E-state index in [1.54, 1.807) is 10.9 Å². The number of aromatic nitrogens is 3. The van der Waals surface area contributed by atoms with Crippen molar-refractivity contribution in [3.05, 3.63) is 41.7 Å². The Balaban J connectivity index is 2.44. The molecule has 0 saturated heterocycles. The third-order valence-electron chi connectivity index (χ3n) is 2.80. The number of ether oxygens (including phenoxy) is 1. The van der Waals surface area contributed by atoms with Crippen LogP contribution in [0.2, 0.25) is 0 Å². The Morgan fingerprint density at radius 2 is 2.05 bits per heavy atom. The predicted octanol–water partition coefficient (Wildman–Crippen LogP) is 2.09. The summed E-state index contributed by atoms with van der Waals surface area (Å²) in [4.78, 5) is 3.89. The summed E-state index contributed by atoms with van der Waals surface area (Å²) in [6.45, 7) is 3.89. The minimum Gasteiger partial charge on any atom is -0.493 e. The first-order valence-corrected chi connectivity index (χ1v) is 5.95. The highest BCUT2D eigenvalue weighted by molar-refractivity contribution is 5.32. The molecule has 1 atom stereocenters. The van der Waals surface area contributed by atoms with E-state index in [-0.39, 0.29) is 6.04 Å². The van der Waals surface area contributed by atoms with E-state index in [4.69, 9.17) is 4.74 Å². The summed E-state index contributed by atoms with van der Waals surface area (Å²) in [5.41, 5.74) is 0.860. The average molecular weight is 265 g/mol. The molecule has 1 N–H and O–H groups in total. The van der Waals surface area contributed by atoms with E-state index in [9.17, 15) is 9.50 Å². The van der Waals surface area contributed by atoms with Crippen LogP contribution in [0.3, 0.4) is 0 Å². The number of aliphatic hydroxyl groups excluding tert-OH is 1. The van der Waals surface area contributed by atoms with E-state index in [1.807, 2.05) is 13.8 Å². The maximum absolute atomic E-state index is 12.9. The van der Waals surface area contributed by atoms with Crippen LogP contribution in [-0.4, -0.2) is 27.0 Å². The van der Waals surface area contributed by atoms with Crippen molar-refractivity contribution in [3.63, 3.8) is 0 Å². The summed E-state index contributed by atoms with van der Waals surface area (Å²) in [6.07, 6.45) is 1.60. The van der Waals surface area contributed by atoms with E-state index >= 15 is 0 Å². The number of nitrogens with zero attached hydrogens (tertiary/aromatic N) is 3. The smallest absolute Gasteiger partial charge is 0.163 e. The second kappa shape index (κ2) is 5.36. The van der Waals surface area contributed by atoms with Gasteiger partial charge in [0.05, 0.1) is 25.2 Å². The van der Waals surface area contributed by atoms with Crippen LogP contribution >= 0.6 is 0 Å². The first-order chi connectivity index (χ1) is 9.04. The zero-order valence-electron chi connectivity index (χ0n) is 11.0. The minimum absolute atomic E-state index is 0.0639. The Morgan fingerprint density at radius 3 is 2.58 bits per heavy atom. The fourth-order valence-corrected chi connectivity index (χ4v) is 1.87. The van der Waals surface area contributed by atoms with E-state index in [0.717, 1.165) is 6.20 Å². The number of pyridine rings is 1. The normalized spacial score (nSPS) is 12.7. The summed E-state index contributed by atoms with van der Waals surface area (Å²) < 4.78 is 19.7. The number of hydrogen-bond donors (Lipinski definition) is 1. The lowest BCUT2D eigenvalue weighted by Gasteiger charge is -2.16. The van der Waals surface area contributed by atoms with Crippen LogP contribution in [0.25, 0.3) is 0 Å². The van der Waals surface area contributed by atoms with Gasteiger partial charge in [-0.05, 0) is 26.0 Å². The van der Waals surface area contributed by atoms with Crippen molar-refractivity contribution in [3.8, 4) is 5.75 Å². The van der Waals surface area contributed by atoms with Gasteiger partial charge in [-0.1, -0.05) is 0 Å². The maximum Gasteiger partial charge on any atom is 0.163 e. The topological polar surface area (TPSA) is 60.2 Å². The van der Waals surface area contributed by atoms with Crippen LogP contribution in [0.1, 0.15) is 37.4 Å². The molecule has 6 heteroatoms. The molecule has 0 aliphatic heterocycles. The Bertz CT molecular complexity index is 552. The quantitative estimate of drug-likeness (QED) is 0.919. The van der Waals surface area contributed by atoms with Crippen molar-refractivity contribution in [2.24, 2.45) is 0 Å². The SMILES string of the molecule is COc1cnn(C(C)C)c1C(O)c1ccc(F)cn1. The molecule has 0 aromatic carbocycles. The van der Waals surface area contributed by atoms with E-state index < -0.39 is 11.9 Å². The number of rotatable bonds is 4. The highest BCUT2D eigenvalue weighted by atomic mass is 19.1. The number of hydrogen-bond acceptors (Lipinski definition) is 4. The van der Waals surface area contributed by atoms with Gasteiger partial charge in [0.15, 0.2) is 5.75 Å². The van der Waals surface area contributed by atoms with Gasteiger partial charge in [0, 0.05) is 6.04 Å². The highest BCUT2D eigenvalue weighted by Crippen LogP contribution is 2.30. The van der Waals surface area contributed by atoms with Gasteiger partial charge >= 0.3 is 0 Å². The van der Waals surface area contributed by atoms with Crippen LogP contribution in [0, 0.1) is 5.82 Å². The van der Waals surface area contributed by atoms with Gasteiger partial charge in [-0.3, -0.25) is 9.67 Å². The Morgan fingerprint density at radius 1 is 1.32 bits per heavy atom. The first kappa shape index (κ1) is 13.5. The third kappa shape index (κ3) is 2.58. The standard InChI is InChI=1S/C13H16FN3O2/c1-8(2)17-12(11(19-3)7-16-17)13(18)10-5-4-9(14)6-15-10/h4-8,13,18H,1-3H3. The fraction of sp³-hybridized carbons (Fsp3) is 0.385. The molecule has 0 radical (unpaired) electrons. The fourth-order valence-electron chi connectivity index (χ4n) is 1.87. The minimum atomic E-state index is -1.01. The number of halogens is 1. The molecule has 0 aliphatic rings. The van der Waals surface area contributed by atoms with Gasteiger partial charge in [-0.15, -0.1) is 0 Å². The van der Waals surface area contributed by atoms with Crippen LogP contribution in [0.4, 0.5) is 4.39 Å². The zero-order chi connectivity index (χ0) is 14.0. The molecule has 0 spiro atoms. The lowest BCUT2D eigenvalue weighted by atomic mass is 10.1. The van der Waals surface area contributed by atoms with Crippen LogP contribution < -0.4 is 4.74 Å². The van der Waals surface area contributed by atoms with Crippen molar-refractivity contribution in [2.45, 2.75) is 26.0 Å². The molecule has 1 unspecified atom stereocenters. The zero-order valence-corrected chi connectivity index (χ0v) is 11.0. The molecule has 0 amide bonds. The van der Waals surface area contributed by atoms with Crippen LogP contribution in [-0.2, 0) is 0 Å². The van der Waals surface area contributed by atoms with E-state index in [0.29, 0.717) is 17.1 Å². The molecule has 2 aromatic rings. The van der Waals surface area contributed by atoms with Crippen LogP contribution in [0.15, 0.2) is 24.5 Å². The number of methoxy groups -OCH3 is 1. The Kier molecular flexibility index (Phi) is 3.80. The molecular weight excluding hydrogens is 249 g/mol. The monoisotopic (exact) mass is 265 g/mol. The molecule has 0 aliphatic carbocycles. The summed E-state index contributed by atoms with van der Waals surface area (Å²) in [5, 5.41) is 14.6. The van der Waals surface area contributed by atoms with Gasteiger partial charge in [0.25, 0.3) is 0 Å². The first-order valence-electron chi connectivity index (χ1n) is 5.95. The lowest BCUT2D eigenvalue weighted by Crippen LogP contribution is -2.14. The van der Waals surface area contributed by atoms with Gasteiger partial charge in [0.2, 0.25) is 0 Å². The summed E-state index contributed by atoms with van der Waals surface area (Å²) in [6, 6.07) is 2.76. The molecule has 2 aromatic heterocycles. The average Bonchev–Trinajstić information content (AvgIpc) is 2.82. The molecule has 2 heterocycles. The van der Waals surface area contributed by atoms with Gasteiger partial charge in [-0.2, -0.15) is 5.10 Å². The largest absolute Gasteiger partial charge is 0.493 e. The maximum atomic E-state index is 12.9. The van der Waals surface area contributed by atoms with Crippen molar-refractivity contribution in [2.75, 3.05) is 7.11 Å². The predicted molar refractivity (Wildman–Crippen MR) is 67.4 cm³/mol. The molecule has 19 heavy (non-hydrogen) atoms. The second-order valence-electron chi connectivity index (χ2n) is 4.44. The molecule has 0 bridgehead atoms. The Hall–Kier alpha value is -1.95. The molecule has 2 rings (SSSR count). The van der Waals surface area contributed by atoms with Gasteiger partial charge < -0.3 is 9.84 Å². The lowest BCUT2D eigenvalue weighted by molar-refractivity contribution is 0.195. The summed E-state index contributed by atoms with van der Waals surface area (Å²) in [5.74, 6) is 0.0348. The number of aliphatic hydroxyl groups is 1. The van der Waals surface area contributed by atoms with Gasteiger partial charge in [0.1, 0.15) is 17.6 Å². The van der Waals surface area contributed by atoms with E-state index in [1.165, 1.54) is 19.2 Å². The third-order valence-corrected chi connectivity index (χ3v) is 2.80. The van der Waals surface area contributed by atoms with Crippen LogP contribution in [0.5, 0.6) is 5.75 Å². The second-order valence-corrected chi connectivity index (χ2v) is 4.44. The Labute approximate surface area is 110 Å². The summed E-state index contributed by atoms with van der Waals surface area (Å²) in [7, 11) is 1.51. The molecule has 0 fully saturated rings. The van der Waals surface area contributed by atoms with Crippen molar-refractivity contribution >= 4 is 0 Å². The van der Waals surface area contributed by atoms with Crippen molar-refractivity contribution < 1.29 is 14.2 Å². The van der Waals surface area contributed by atoms with E-state index in [2.05, 4.69) is 10.1 Å². The van der Waals surface area contributed by atoms with Crippen molar-refractivity contribution in [1.82, 2.24) is 14.8 Å².